The van der Waals surface area contributed by atoms with Gasteiger partial charge in [-0.15, -0.1) is 0 Å². The van der Waals surface area contributed by atoms with E-state index in [9.17, 15) is 9.59 Å². The van der Waals surface area contributed by atoms with Gasteiger partial charge < -0.3 is 9.80 Å². The molecule has 0 radical (unpaired) electrons. The number of amides is 3. The largest absolute Gasteiger partial charge is 0.336 e. The van der Waals surface area contributed by atoms with Gasteiger partial charge in [-0.25, -0.2) is 4.79 Å². The second kappa shape index (κ2) is 7.89. The molecule has 0 saturated carbocycles. The van der Waals surface area contributed by atoms with E-state index < -0.39 is 0 Å². The van der Waals surface area contributed by atoms with Crippen LogP contribution in [0.3, 0.4) is 0 Å². The topological polar surface area (TPSA) is 43.9 Å². The van der Waals surface area contributed by atoms with Crippen molar-refractivity contribution >= 4 is 17.6 Å². The molecule has 5 heteroatoms. The molecule has 1 aliphatic heterocycles. The Morgan fingerprint density at radius 3 is 2.04 bits per heavy atom. The molecule has 0 N–H and O–H groups in total. The zero-order valence-corrected chi connectivity index (χ0v) is 16.3. The summed E-state index contributed by atoms with van der Waals surface area (Å²) in [4.78, 5) is 30.6. The van der Waals surface area contributed by atoms with E-state index in [4.69, 9.17) is 0 Å². The van der Waals surface area contributed by atoms with Gasteiger partial charge in [0.1, 0.15) is 6.54 Å². The second-order valence-electron chi connectivity index (χ2n) is 7.59. The first-order valence-electron chi connectivity index (χ1n) is 9.20. The number of nitrogens with zero attached hydrogens (tertiary/aromatic N) is 3. The van der Waals surface area contributed by atoms with Crippen LogP contribution < -0.4 is 4.90 Å². The summed E-state index contributed by atoms with van der Waals surface area (Å²) in [6.45, 7) is 13.7. The first-order chi connectivity index (χ1) is 11.7. The molecule has 0 aromatic heterocycles. The van der Waals surface area contributed by atoms with E-state index in [1.54, 1.807) is 9.80 Å². The molecule has 0 atom stereocenters. The molecular weight excluding hydrogens is 314 g/mol. The third-order valence-corrected chi connectivity index (χ3v) is 4.69. The van der Waals surface area contributed by atoms with Crippen LogP contribution in [-0.2, 0) is 4.79 Å². The summed E-state index contributed by atoms with van der Waals surface area (Å²) in [7, 11) is 0. The molecule has 5 nitrogen and oxygen atoms in total. The van der Waals surface area contributed by atoms with Crippen molar-refractivity contribution in [3.8, 4) is 0 Å². The molecule has 1 aromatic carbocycles. The first-order valence-corrected chi connectivity index (χ1v) is 9.20. The van der Waals surface area contributed by atoms with Gasteiger partial charge in [-0.05, 0) is 51.3 Å². The Bertz CT molecular complexity index is 600. The lowest BCUT2D eigenvalue weighted by atomic mass is 10.0. The number of carbonyl (C=O) groups is 2. The molecule has 1 aromatic rings. The monoisotopic (exact) mass is 345 g/mol. The van der Waals surface area contributed by atoms with Crippen LogP contribution >= 0.6 is 0 Å². The standard InChI is InChI=1S/C20H31N3O2/c1-14(2)17-7-9-18(10-8-17)22-12-11-21(20(22)25)13-19(24)23(15(3)4)16(5)6/h7-10,14-16H,11-13H2,1-6H3. The third kappa shape index (κ3) is 4.33. The average molecular weight is 345 g/mol. The molecule has 0 unspecified atom stereocenters. The summed E-state index contributed by atoms with van der Waals surface area (Å²) in [5.74, 6) is 0.478. The molecule has 1 aliphatic rings. The number of rotatable bonds is 6. The van der Waals surface area contributed by atoms with Crippen molar-refractivity contribution in [3.05, 3.63) is 29.8 Å². The van der Waals surface area contributed by atoms with E-state index >= 15 is 0 Å². The minimum absolute atomic E-state index is 0.00959. The van der Waals surface area contributed by atoms with E-state index in [0.717, 1.165) is 5.69 Å². The molecule has 3 amide bonds. The Hall–Kier alpha value is -2.04. The van der Waals surface area contributed by atoms with Gasteiger partial charge in [-0.2, -0.15) is 0 Å². The van der Waals surface area contributed by atoms with Crippen molar-refractivity contribution in [2.45, 2.75) is 59.5 Å². The Balaban J connectivity index is 2.05. The van der Waals surface area contributed by atoms with Gasteiger partial charge in [0.25, 0.3) is 0 Å². The number of carbonyl (C=O) groups excluding carboxylic acids is 2. The maximum atomic E-state index is 12.7. The highest BCUT2D eigenvalue weighted by Crippen LogP contribution is 2.23. The van der Waals surface area contributed by atoms with Gasteiger partial charge >= 0.3 is 6.03 Å². The Morgan fingerprint density at radius 2 is 1.56 bits per heavy atom. The molecule has 1 saturated heterocycles. The van der Waals surface area contributed by atoms with Crippen LogP contribution in [0, 0.1) is 0 Å². The van der Waals surface area contributed by atoms with Crippen LogP contribution in [-0.4, -0.2) is 53.5 Å². The van der Waals surface area contributed by atoms with Crippen LogP contribution in [0.25, 0.3) is 0 Å². The Morgan fingerprint density at radius 1 is 1.00 bits per heavy atom. The summed E-state index contributed by atoms with van der Waals surface area (Å²) in [6.07, 6.45) is 0. The average Bonchev–Trinajstić information content (AvgIpc) is 2.87. The highest BCUT2D eigenvalue weighted by atomic mass is 16.2. The number of urea groups is 1. The molecular formula is C20H31N3O2. The Labute approximate surface area is 151 Å². The van der Waals surface area contributed by atoms with Crippen molar-refractivity contribution in [1.82, 2.24) is 9.80 Å². The quantitative estimate of drug-likeness (QED) is 0.789. The summed E-state index contributed by atoms with van der Waals surface area (Å²) in [5, 5.41) is 0. The number of benzene rings is 1. The highest BCUT2D eigenvalue weighted by molar-refractivity contribution is 5.96. The van der Waals surface area contributed by atoms with E-state index in [0.29, 0.717) is 19.0 Å². The SMILES string of the molecule is CC(C)c1ccc(N2CCN(CC(=O)N(C(C)C)C(C)C)C2=O)cc1. The number of hydrogen-bond donors (Lipinski definition) is 0. The van der Waals surface area contributed by atoms with Crippen LogP contribution in [0.2, 0.25) is 0 Å². The van der Waals surface area contributed by atoms with Crippen LogP contribution in [0.15, 0.2) is 24.3 Å². The van der Waals surface area contributed by atoms with E-state index in [1.807, 2.05) is 44.7 Å². The van der Waals surface area contributed by atoms with Crippen molar-refractivity contribution in [2.24, 2.45) is 0 Å². The Kier molecular flexibility index (Phi) is 6.09. The molecule has 1 heterocycles. The number of hydrogen-bond acceptors (Lipinski definition) is 2. The zero-order chi connectivity index (χ0) is 18.7. The summed E-state index contributed by atoms with van der Waals surface area (Å²) < 4.78 is 0. The van der Waals surface area contributed by atoms with Crippen LogP contribution in [0.4, 0.5) is 10.5 Å². The molecule has 0 aliphatic carbocycles. The fraction of sp³-hybridized carbons (Fsp3) is 0.600. The van der Waals surface area contributed by atoms with Gasteiger partial charge in [0, 0.05) is 30.9 Å². The lowest BCUT2D eigenvalue weighted by Gasteiger charge is -2.32. The van der Waals surface area contributed by atoms with Gasteiger partial charge in [-0.3, -0.25) is 9.69 Å². The maximum Gasteiger partial charge on any atom is 0.325 e. The van der Waals surface area contributed by atoms with Gasteiger partial charge in [0.15, 0.2) is 0 Å². The normalized spacial score (nSPS) is 15.0. The van der Waals surface area contributed by atoms with Gasteiger partial charge in [0.05, 0.1) is 0 Å². The predicted octanol–water partition coefficient (Wildman–Crippen LogP) is 3.70. The minimum atomic E-state index is -0.0851. The van der Waals surface area contributed by atoms with Crippen molar-refractivity contribution in [1.29, 1.82) is 0 Å². The van der Waals surface area contributed by atoms with Crippen LogP contribution in [0.5, 0.6) is 0 Å². The fourth-order valence-corrected chi connectivity index (χ4v) is 3.43. The molecule has 0 spiro atoms. The maximum absolute atomic E-state index is 12.7. The molecule has 2 rings (SSSR count). The second-order valence-corrected chi connectivity index (χ2v) is 7.59. The molecule has 1 fully saturated rings. The third-order valence-electron chi connectivity index (χ3n) is 4.69. The molecule has 0 bridgehead atoms. The van der Waals surface area contributed by atoms with Crippen molar-refractivity contribution in [2.75, 3.05) is 24.5 Å². The molecule has 25 heavy (non-hydrogen) atoms. The van der Waals surface area contributed by atoms with Gasteiger partial charge in [-0.1, -0.05) is 26.0 Å². The minimum Gasteiger partial charge on any atom is -0.336 e. The lowest BCUT2D eigenvalue weighted by molar-refractivity contribution is -0.135. The number of anilines is 1. The van der Waals surface area contributed by atoms with E-state index in [-0.39, 0.29) is 30.6 Å². The van der Waals surface area contributed by atoms with Crippen molar-refractivity contribution < 1.29 is 9.59 Å². The van der Waals surface area contributed by atoms with Gasteiger partial charge in [0.2, 0.25) is 5.91 Å². The molecule has 138 valence electrons. The summed E-state index contributed by atoms with van der Waals surface area (Å²) >= 11 is 0. The van der Waals surface area contributed by atoms with E-state index in [1.165, 1.54) is 5.56 Å². The predicted molar refractivity (Wildman–Crippen MR) is 102 cm³/mol. The van der Waals surface area contributed by atoms with Crippen molar-refractivity contribution in [3.63, 3.8) is 0 Å². The first kappa shape index (κ1) is 19.3. The zero-order valence-electron chi connectivity index (χ0n) is 16.3. The highest BCUT2D eigenvalue weighted by Gasteiger charge is 2.32. The summed E-state index contributed by atoms with van der Waals surface area (Å²) in [6, 6.07) is 8.30. The van der Waals surface area contributed by atoms with Crippen LogP contribution in [0.1, 0.15) is 53.0 Å². The smallest absolute Gasteiger partial charge is 0.325 e. The van der Waals surface area contributed by atoms with E-state index in [2.05, 4.69) is 26.0 Å². The fourth-order valence-electron chi connectivity index (χ4n) is 3.43. The lowest BCUT2D eigenvalue weighted by Crippen LogP contribution is -2.48. The summed E-state index contributed by atoms with van der Waals surface area (Å²) in [5.41, 5.74) is 2.15.